The highest BCUT2D eigenvalue weighted by molar-refractivity contribution is 5.24. The maximum atomic E-state index is 6.15. The molecule has 0 unspecified atom stereocenters. The molecule has 1 nitrogen and oxygen atoms in total. The molecule has 1 saturated carbocycles. The van der Waals surface area contributed by atoms with Gasteiger partial charge in [0.05, 0.1) is 5.60 Å². The molecule has 1 aromatic carbocycles. The molecule has 0 amide bonds. The summed E-state index contributed by atoms with van der Waals surface area (Å²) < 4.78 is 6.15. The van der Waals surface area contributed by atoms with Crippen LogP contribution >= 0.6 is 0 Å². The highest BCUT2D eigenvalue weighted by atomic mass is 16.5. The summed E-state index contributed by atoms with van der Waals surface area (Å²) in [5, 5.41) is 0. The van der Waals surface area contributed by atoms with Crippen LogP contribution in [0.15, 0.2) is 30.3 Å². The van der Waals surface area contributed by atoms with Crippen molar-refractivity contribution in [2.75, 3.05) is 6.61 Å². The van der Waals surface area contributed by atoms with Crippen molar-refractivity contribution in [2.24, 2.45) is 0 Å². The second-order valence-electron chi connectivity index (χ2n) is 4.77. The zero-order chi connectivity index (χ0) is 11.3. The first-order chi connectivity index (χ1) is 7.87. The lowest BCUT2D eigenvalue weighted by atomic mass is 9.75. The van der Waals surface area contributed by atoms with E-state index in [1.54, 1.807) is 0 Å². The maximum absolute atomic E-state index is 6.15. The van der Waals surface area contributed by atoms with E-state index in [0.717, 1.165) is 6.61 Å². The van der Waals surface area contributed by atoms with Crippen LogP contribution in [0.4, 0.5) is 0 Å². The Morgan fingerprint density at radius 2 is 1.88 bits per heavy atom. The average molecular weight is 218 g/mol. The lowest BCUT2D eigenvalue weighted by molar-refractivity contribution is -0.107. The minimum atomic E-state index is 0.0645. The minimum Gasteiger partial charge on any atom is -0.370 e. The zero-order valence-corrected chi connectivity index (χ0v) is 10.2. The SMILES string of the molecule is CCCCCOC1(c2ccccc2)CCC1. The van der Waals surface area contributed by atoms with Gasteiger partial charge in [0.15, 0.2) is 0 Å². The first kappa shape index (κ1) is 11.7. The van der Waals surface area contributed by atoms with Crippen LogP contribution in [-0.4, -0.2) is 6.61 Å². The number of hydrogen-bond acceptors (Lipinski definition) is 1. The van der Waals surface area contributed by atoms with Crippen LogP contribution in [0, 0.1) is 0 Å². The van der Waals surface area contributed by atoms with E-state index in [2.05, 4.69) is 37.3 Å². The van der Waals surface area contributed by atoms with Gasteiger partial charge in [0.1, 0.15) is 0 Å². The molecule has 0 N–H and O–H groups in total. The second-order valence-corrected chi connectivity index (χ2v) is 4.77. The van der Waals surface area contributed by atoms with Crippen LogP contribution in [0.2, 0.25) is 0 Å². The number of ether oxygens (including phenoxy) is 1. The highest BCUT2D eigenvalue weighted by Crippen LogP contribution is 2.44. The molecule has 1 aromatic rings. The number of rotatable bonds is 6. The summed E-state index contributed by atoms with van der Waals surface area (Å²) in [6, 6.07) is 10.7. The molecule has 0 atom stereocenters. The summed E-state index contributed by atoms with van der Waals surface area (Å²) in [5.74, 6) is 0. The van der Waals surface area contributed by atoms with E-state index >= 15 is 0 Å². The third-order valence-electron chi connectivity index (χ3n) is 3.59. The normalized spacial score (nSPS) is 18.1. The fourth-order valence-corrected chi connectivity index (χ4v) is 2.38. The molecule has 88 valence electrons. The van der Waals surface area contributed by atoms with E-state index in [1.165, 1.54) is 44.1 Å². The van der Waals surface area contributed by atoms with Crippen LogP contribution in [-0.2, 0) is 10.3 Å². The largest absolute Gasteiger partial charge is 0.370 e. The van der Waals surface area contributed by atoms with Gasteiger partial charge < -0.3 is 4.74 Å². The molecule has 16 heavy (non-hydrogen) atoms. The van der Waals surface area contributed by atoms with Gasteiger partial charge in [-0.25, -0.2) is 0 Å². The van der Waals surface area contributed by atoms with Gasteiger partial charge in [0.25, 0.3) is 0 Å². The van der Waals surface area contributed by atoms with Crippen LogP contribution in [0.25, 0.3) is 0 Å². The summed E-state index contributed by atoms with van der Waals surface area (Å²) in [6.07, 6.45) is 7.45. The van der Waals surface area contributed by atoms with Crippen molar-refractivity contribution in [3.05, 3.63) is 35.9 Å². The number of unbranched alkanes of at least 4 members (excludes halogenated alkanes) is 2. The Bertz CT molecular complexity index is 300. The maximum Gasteiger partial charge on any atom is 0.0931 e. The molecule has 0 aromatic heterocycles. The van der Waals surface area contributed by atoms with E-state index in [1.807, 2.05) is 0 Å². The molecule has 0 aliphatic heterocycles. The molecule has 1 aliphatic rings. The predicted octanol–water partition coefficient (Wildman–Crippen LogP) is 4.27. The lowest BCUT2D eigenvalue weighted by Gasteiger charge is -2.42. The molecule has 1 heteroatoms. The highest BCUT2D eigenvalue weighted by Gasteiger charge is 2.39. The Labute approximate surface area is 98.8 Å². The molecule has 0 radical (unpaired) electrons. The van der Waals surface area contributed by atoms with Crippen molar-refractivity contribution >= 4 is 0 Å². The Morgan fingerprint density at radius 3 is 2.44 bits per heavy atom. The summed E-state index contributed by atoms with van der Waals surface area (Å²) in [4.78, 5) is 0. The predicted molar refractivity (Wildman–Crippen MR) is 67.4 cm³/mol. The molecule has 0 spiro atoms. The van der Waals surface area contributed by atoms with Gasteiger partial charge in [0.2, 0.25) is 0 Å². The van der Waals surface area contributed by atoms with Crippen LogP contribution < -0.4 is 0 Å². The second kappa shape index (κ2) is 5.49. The molecule has 0 bridgehead atoms. The Hall–Kier alpha value is -0.820. The van der Waals surface area contributed by atoms with Crippen molar-refractivity contribution in [1.82, 2.24) is 0 Å². The van der Waals surface area contributed by atoms with Gasteiger partial charge in [0, 0.05) is 6.61 Å². The summed E-state index contributed by atoms with van der Waals surface area (Å²) in [5.41, 5.74) is 1.44. The van der Waals surface area contributed by atoms with Crippen molar-refractivity contribution in [1.29, 1.82) is 0 Å². The van der Waals surface area contributed by atoms with Gasteiger partial charge in [-0.15, -0.1) is 0 Å². The van der Waals surface area contributed by atoms with E-state index in [-0.39, 0.29) is 5.60 Å². The van der Waals surface area contributed by atoms with Gasteiger partial charge in [-0.05, 0) is 31.2 Å². The molecule has 1 fully saturated rings. The minimum absolute atomic E-state index is 0.0645. The quantitative estimate of drug-likeness (QED) is 0.648. The topological polar surface area (TPSA) is 9.23 Å². The van der Waals surface area contributed by atoms with Crippen molar-refractivity contribution < 1.29 is 4.74 Å². The van der Waals surface area contributed by atoms with Crippen molar-refractivity contribution in [2.45, 2.75) is 51.0 Å². The van der Waals surface area contributed by atoms with E-state index in [4.69, 9.17) is 4.74 Å². The first-order valence-corrected chi connectivity index (χ1v) is 6.57. The molecular formula is C15H22O. The third-order valence-corrected chi connectivity index (χ3v) is 3.59. The van der Waals surface area contributed by atoms with Crippen LogP contribution in [0.3, 0.4) is 0 Å². The van der Waals surface area contributed by atoms with E-state index < -0.39 is 0 Å². The third kappa shape index (κ3) is 2.46. The van der Waals surface area contributed by atoms with Crippen molar-refractivity contribution in [3.63, 3.8) is 0 Å². The number of hydrogen-bond donors (Lipinski definition) is 0. The fourth-order valence-electron chi connectivity index (χ4n) is 2.38. The standard InChI is InChI=1S/C15H22O/c1-2-3-7-13-16-15(11-8-12-15)14-9-5-4-6-10-14/h4-6,9-10H,2-3,7-8,11-13H2,1H3. The Balaban J connectivity index is 1.92. The van der Waals surface area contributed by atoms with Gasteiger partial charge in [-0.1, -0.05) is 50.1 Å². The van der Waals surface area contributed by atoms with Crippen LogP contribution in [0.1, 0.15) is 51.0 Å². The summed E-state index contributed by atoms with van der Waals surface area (Å²) in [7, 11) is 0. The van der Waals surface area contributed by atoms with Gasteiger partial charge in [-0.3, -0.25) is 0 Å². The van der Waals surface area contributed by atoms with Crippen LogP contribution in [0.5, 0.6) is 0 Å². The zero-order valence-electron chi connectivity index (χ0n) is 10.2. The monoisotopic (exact) mass is 218 g/mol. The van der Waals surface area contributed by atoms with E-state index in [0.29, 0.717) is 0 Å². The van der Waals surface area contributed by atoms with Crippen molar-refractivity contribution in [3.8, 4) is 0 Å². The lowest BCUT2D eigenvalue weighted by Crippen LogP contribution is -2.37. The van der Waals surface area contributed by atoms with Gasteiger partial charge in [-0.2, -0.15) is 0 Å². The Kier molecular flexibility index (Phi) is 4.00. The summed E-state index contributed by atoms with van der Waals surface area (Å²) in [6.45, 7) is 3.15. The smallest absolute Gasteiger partial charge is 0.0931 e. The fraction of sp³-hybridized carbons (Fsp3) is 0.600. The molecule has 0 heterocycles. The summed E-state index contributed by atoms with van der Waals surface area (Å²) >= 11 is 0. The number of benzene rings is 1. The molecular weight excluding hydrogens is 196 g/mol. The molecule has 1 aliphatic carbocycles. The molecule has 2 rings (SSSR count). The first-order valence-electron chi connectivity index (χ1n) is 6.57. The average Bonchev–Trinajstić information content (AvgIpc) is 2.28. The van der Waals surface area contributed by atoms with E-state index in [9.17, 15) is 0 Å². The molecule has 0 saturated heterocycles. The Morgan fingerprint density at radius 1 is 1.12 bits per heavy atom. The van der Waals surface area contributed by atoms with Gasteiger partial charge >= 0.3 is 0 Å².